The maximum atomic E-state index is 13.1. The molecule has 2 rings (SSSR count). The third-order valence-corrected chi connectivity index (χ3v) is 2.06. The number of hydrogen-bond acceptors (Lipinski definition) is 1. The minimum Gasteiger partial charge on any atom is -0.358 e. The van der Waals surface area contributed by atoms with Gasteiger partial charge in [0.05, 0.1) is 18.0 Å². The fourth-order valence-corrected chi connectivity index (χ4v) is 1.44. The summed E-state index contributed by atoms with van der Waals surface area (Å²) in [5.74, 6) is -1.27. The van der Waals surface area contributed by atoms with Crippen LogP contribution in [0.15, 0.2) is 18.3 Å². The SMILES string of the molecule is N#CCc1c[nH]c2c(F)cc(F)cc12. The van der Waals surface area contributed by atoms with Gasteiger partial charge in [0.25, 0.3) is 0 Å². The molecule has 0 bridgehead atoms. The van der Waals surface area contributed by atoms with Gasteiger partial charge in [0, 0.05) is 17.6 Å². The summed E-state index contributed by atoms with van der Waals surface area (Å²) >= 11 is 0. The van der Waals surface area contributed by atoms with Crippen LogP contribution in [-0.4, -0.2) is 4.98 Å². The van der Waals surface area contributed by atoms with E-state index in [1.54, 1.807) is 0 Å². The largest absolute Gasteiger partial charge is 0.358 e. The molecular weight excluding hydrogens is 186 g/mol. The van der Waals surface area contributed by atoms with Crippen molar-refractivity contribution in [2.75, 3.05) is 0 Å². The van der Waals surface area contributed by atoms with Crippen LogP contribution in [0.3, 0.4) is 0 Å². The van der Waals surface area contributed by atoms with Crippen molar-refractivity contribution in [3.05, 3.63) is 35.5 Å². The first-order valence-corrected chi connectivity index (χ1v) is 4.04. The molecule has 0 amide bonds. The van der Waals surface area contributed by atoms with Crippen LogP contribution < -0.4 is 0 Å². The second-order valence-electron chi connectivity index (χ2n) is 2.96. The van der Waals surface area contributed by atoms with Crippen LogP contribution in [0.4, 0.5) is 8.78 Å². The van der Waals surface area contributed by atoms with Gasteiger partial charge in [-0.2, -0.15) is 5.26 Å². The highest BCUT2D eigenvalue weighted by molar-refractivity contribution is 5.84. The first kappa shape index (κ1) is 8.70. The average molecular weight is 192 g/mol. The summed E-state index contributed by atoms with van der Waals surface area (Å²) in [6.45, 7) is 0. The molecule has 0 unspecified atom stereocenters. The highest BCUT2D eigenvalue weighted by Gasteiger charge is 2.09. The molecule has 0 fully saturated rings. The zero-order chi connectivity index (χ0) is 10.1. The van der Waals surface area contributed by atoms with Gasteiger partial charge in [-0.3, -0.25) is 0 Å². The normalized spacial score (nSPS) is 10.4. The predicted octanol–water partition coefficient (Wildman–Crippen LogP) is 2.51. The van der Waals surface area contributed by atoms with E-state index in [-0.39, 0.29) is 11.9 Å². The van der Waals surface area contributed by atoms with Gasteiger partial charge < -0.3 is 4.98 Å². The number of rotatable bonds is 1. The smallest absolute Gasteiger partial charge is 0.150 e. The lowest BCUT2D eigenvalue weighted by Gasteiger charge is -1.95. The van der Waals surface area contributed by atoms with Crippen LogP contribution in [0.5, 0.6) is 0 Å². The summed E-state index contributed by atoms with van der Waals surface area (Å²) in [5, 5.41) is 8.92. The van der Waals surface area contributed by atoms with Crippen LogP contribution in [0.2, 0.25) is 0 Å². The van der Waals surface area contributed by atoms with Crippen molar-refractivity contribution in [2.45, 2.75) is 6.42 Å². The van der Waals surface area contributed by atoms with E-state index >= 15 is 0 Å². The van der Waals surface area contributed by atoms with Crippen LogP contribution >= 0.6 is 0 Å². The Balaban J connectivity index is 2.73. The lowest BCUT2D eigenvalue weighted by atomic mass is 10.1. The number of aromatic nitrogens is 1. The number of benzene rings is 1. The number of nitrogens with one attached hydrogen (secondary N) is 1. The van der Waals surface area contributed by atoms with Gasteiger partial charge in [0.2, 0.25) is 0 Å². The summed E-state index contributed by atoms with van der Waals surface area (Å²) in [5.41, 5.74) is 0.859. The van der Waals surface area contributed by atoms with E-state index < -0.39 is 11.6 Å². The minimum absolute atomic E-state index is 0.142. The number of fused-ring (bicyclic) bond motifs is 1. The van der Waals surface area contributed by atoms with Gasteiger partial charge in [0.15, 0.2) is 0 Å². The molecule has 70 valence electrons. The molecule has 0 saturated carbocycles. The van der Waals surface area contributed by atoms with E-state index in [9.17, 15) is 8.78 Å². The zero-order valence-electron chi connectivity index (χ0n) is 7.14. The van der Waals surface area contributed by atoms with Crippen molar-refractivity contribution >= 4 is 10.9 Å². The zero-order valence-corrected chi connectivity index (χ0v) is 7.14. The van der Waals surface area contributed by atoms with Gasteiger partial charge in [-0.1, -0.05) is 0 Å². The van der Waals surface area contributed by atoms with E-state index in [2.05, 4.69) is 4.98 Å². The summed E-state index contributed by atoms with van der Waals surface area (Å²) in [4.78, 5) is 2.68. The fourth-order valence-electron chi connectivity index (χ4n) is 1.44. The molecule has 14 heavy (non-hydrogen) atoms. The van der Waals surface area contributed by atoms with Gasteiger partial charge in [-0.25, -0.2) is 8.78 Å². The molecule has 0 radical (unpaired) electrons. The molecular formula is C10H6F2N2. The van der Waals surface area contributed by atoms with E-state index in [1.165, 1.54) is 12.3 Å². The Hall–Kier alpha value is -1.89. The van der Waals surface area contributed by atoms with E-state index in [4.69, 9.17) is 5.26 Å². The summed E-state index contributed by atoms with van der Waals surface area (Å²) in [6, 6.07) is 3.97. The maximum absolute atomic E-state index is 13.1. The van der Waals surface area contributed by atoms with Crippen molar-refractivity contribution in [3.8, 4) is 6.07 Å². The molecule has 2 aromatic rings. The maximum Gasteiger partial charge on any atom is 0.150 e. The topological polar surface area (TPSA) is 39.6 Å². The third kappa shape index (κ3) is 1.23. The molecule has 0 atom stereocenters. The molecule has 1 aromatic heterocycles. The highest BCUT2D eigenvalue weighted by Crippen LogP contribution is 2.22. The fraction of sp³-hybridized carbons (Fsp3) is 0.100. The number of halogens is 2. The van der Waals surface area contributed by atoms with Crippen molar-refractivity contribution in [2.24, 2.45) is 0 Å². The molecule has 0 aliphatic rings. The van der Waals surface area contributed by atoms with Crippen LogP contribution in [0, 0.1) is 23.0 Å². The van der Waals surface area contributed by atoms with Crippen LogP contribution in [-0.2, 0) is 6.42 Å². The lowest BCUT2D eigenvalue weighted by Crippen LogP contribution is -1.83. The van der Waals surface area contributed by atoms with E-state index in [1.807, 2.05) is 6.07 Å². The Bertz CT molecular complexity index is 523. The number of aromatic amines is 1. The molecule has 2 nitrogen and oxygen atoms in total. The molecule has 4 heteroatoms. The number of nitrogens with zero attached hydrogens (tertiary/aromatic N) is 1. The lowest BCUT2D eigenvalue weighted by molar-refractivity contribution is 0.591. The Labute approximate surface area is 78.8 Å². The average Bonchev–Trinajstić information content (AvgIpc) is 2.49. The van der Waals surface area contributed by atoms with Gasteiger partial charge in [-0.05, 0) is 11.6 Å². The predicted molar refractivity (Wildman–Crippen MR) is 47.5 cm³/mol. The highest BCUT2D eigenvalue weighted by atomic mass is 19.1. The first-order chi connectivity index (χ1) is 6.72. The molecule has 1 heterocycles. The second-order valence-corrected chi connectivity index (χ2v) is 2.96. The number of hydrogen-bond donors (Lipinski definition) is 1. The number of nitriles is 1. The quantitative estimate of drug-likeness (QED) is 0.740. The van der Waals surface area contributed by atoms with Crippen molar-refractivity contribution < 1.29 is 8.78 Å². The molecule has 0 aliphatic heterocycles. The van der Waals surface area contributed by atoms with E-state index in [0.717, 1.165) is 6.07 Å². The Morgan fingerprint density at radius 1 is 1.36 bits per heavy atom. The first-order valence-electron chi connectivity index (χ1n) is 4.04. The Morgan fingerprint density at radius 3 is 2.86 bits per heavy atom. The molecule has 0 aliphatic carbocycles. The van der Waals surface area contributed by atoms with Gasteiger partial charge in [0.1, 0.15) is 11.6 Å². The van der Waals surface area contributed by atoms with Crippen molar-refractivity contribution in [3.63, 3.8) is 0 Å². The second kappa shape index (κ2) is 3.11. The third-order valence-electron chi connectivity index (χ3n) is 2.06. The molecule has 0 spiro atoms. The van der Waals surface area contributed by atoms with Gasteiger partial charge >= 0.3 is 0 Å². The summed E-state index contributed by atoms with van der Waals surface area (Å²) < 4.78 is 26.0. The number of H-pyrrole nitrogens is 1. The van der Waals surface area contributed by atoms with Crippen LogP contribution in [0.1, 0.15) is 5.56 Å². The summed E-state index contributed by atoms with van der Waals surface area (Å²) in [7, 11) is 0. The molecule has 1 aromatic carbocycles. The minimum atomic E-state index is -0.635. The molecule has 0 saturated heterocycles. The monoisotopic (exact) mass is 192 g/mol. The van der Waals surface area contributed by atoms with Crippen LogP contribution in [0.25, 0.3) is 10.9 Å². The molecule has 1 N–H and O–H groups in total. The van der Waals surface area contributed by atoms with Crippen molar-refractivity contribution in [1.29, 1.82) is 5.26 Å². The van der Waals surface area contributed by atoms with Crippen molar-refractivity contribution in [1.82, 2.24) is 4.98 Å². The summed E-state index contributed by atoms with van der Waals surface area (Å²) in [6.07, 6.45) is 1.67. The van der Waals surface area contributed by atoms with E-state index in [0.29, 0.717) is 10.9 Å². The van der Waals surface area contributed by atoms with Gasteiger partial charge in [-0.15, -0.1) is 0 Å². The standard InChI is InChI=1S/C10H6F2N2/c11-7-3-8-6(1-2-13)5-14-10(8)9(12)4-7/h3-5,14H,1H2. The Kier molecular flexibility index (Phi) is 1.93. The Morgan fingerprint density at radius 2 is 2.14 bits per heavy atom.